The van der Waals surface area contributed by atoms with Crippen molar-refractivity contribution >= 4 is 33.2 Å². The van der Waals surface area contributed by atoms with Gasteiger partial charge in [0.05, 0.1) is 0 Å². The fourth-order valence-electron chi connectivity index (χ4n) is 3.64. The summed E-state index contributed by atoms with van der Waals surface area (Å²) in [5.41, 5.74) is 3.22. The van der Waals surface area contributed by atoms with Crippen molar-refractivity contribution in [1.29, 1.82) is 0 Å². The lowest BCUT2D eigenvalue weighted by Crippen LogP contribution is -2.25. The van der Waals surface area contributed by atoms with E-state index in [-0.39, 0.29) is 0 Å². The highest BCUT2D eigenvalue weighted by Gasteiger charge is 2.40. The molecule has 0 bridgehead atoms. The van der Waals surface area contributed by atoms with Crippen molar-refractivity contribution in [3.8, 4) is 0 Å². The number of halogens is 2. The summed E-state index contributed by atoms with van der Waals surface area (Å²) < 4.78 is 1.12. The van der Waals surface area contributed by atoms with Crippen LogP contribution in [0.25, 0.3) is 0 Å². The molecule has 0 N–H and O–H groups in total. The first-order valence-corrected chi connectivity index (χ1v) is 8.15. The Morgan fingerprint density at radius 2 is 2.00 bits per heavy atom. The van der Waals surface area contributed by atoms with Gasteiger partial charge in [0.2, 0.25) is 0 Å². The van der Waals surface area contributed by atoms with Gasteiger partial charge in [0.15, 0.2) is 0 Å². The highest BCUT2D eigenvalue weighted by Crippen LogP contribution is 2.46. The van der Waals surface area contributed by atoms with Gasteiger partial charge >= 0.3 is 0 Å². The van der Waals surface area contributed by atoms with Crippen LogP contribution in [-0.2, 0) is 5.88 Å². The molecule has 2 fully saturated rings. The topological polar surface area (TPSA) is 3.24 Å². The van der Waals surface area contributed by atoms with Crippen LogP contribution in [-0.4, -0.2) is 13.1 Å². The van der Waals surface area contributed by atoms with Gasteiger partial charge in [-0.2, -0.15) is 0 Å². The molecule has 3 rings (SSSR count). The fraction of sp³-hybridized carbons (Fsp3) is 0.600. The lowest BCUT2D eigenvalue weighted by atomic mass is 9.86. The summed E-state index contributed by atoms with van der Waals surface area (Å²) >= 11 is 9.61. The van der Waals surface area contributed by atoms with Gasteiger partial charge in [-0.05, 0) is 48.4 Å². The SMILES string of the molecule is ClCc1cc(Br)ccc1N1CCC2(CCCC2)C1. The number of alkyl halides is 1. The van der Waals surface area contributed by atoms with Crippen molar-refractivity contribution in [3.05, 3.63) is 28.2 Å². The monoisotopic (exact) mass is 327 g/mol. The van der Waals surface area contributed by atoms with Crippen molar-refractivity contribution in [1.82, 2.24) is 0 Å². The van der Waals surface area contributed by atoms with E-state index in [1.54, 1.807) is 0 Å². The average molecular weight is 329 g/mol. The average Bonchev–Trinajstić information content (AvgIpc) is 3.00. The van der Waals surface area contributed by atoms with Crippen LogP contribution in [0.4, 0.5) is 5.69 Å². The quantitative estimate of drug-likeness (QED) is 0.694. The van der Waals surface area contributed by atoms with Crippen LogP contribution in [0.3, 0.4) is 0 Å². The van der Waals surface area contributed by atoms with Gasteiger partial charge in [0.25, 0.3) is 0 Å². The second-order valence-corrected chi connectivity index (χ2v) is 6.97. The number of nitrogens with zero attached hydrogens (tertiary/aromatic N) is 1. The Morgan fingerprint density at radius 1 is 1.22 bits per heavy atom. The fourth-order valence-corrected chi connectivity index (χ4v) is 4.27. The zero-order valence-electron chi connectivity index (χ0n) is 10.6. The van der Waals surface area contributed by atoms with Gasteiger partial charge in [0, 0.05) is 29.1 Å². The summed E-state index contributed by atoms with van der Waals surface area (Å²) in [5, 5.41) is 0. The molecular formula is C15H19BrClN. The van der Waals surface area contributed by atoms with E-state index in [0.717, 1.165) is 4.47 Å². The maximum atomic E-state index is 6.09. The van der Waals surface area contributed by atoms with Crippen molar-refractivity contribution in [2.24, 2.45) is 5.41 Å². The summed E-state index contributed by atoms with van der Waals surface area (Å²) in [4.78, 5) is 2.55. The third kappa shape index (κ3) is 2.30. The maximum Gasteiger partial charge on any atom is 0.0494 e. The molecule has 18 heavy (non-hydrogen) atoms. The first-order valence-electron chi connectivity index (χ1n) is 6.82. The van der Waals surface area contributed by atoms with E-state index in [2.05, 4.69) is 39.0 Å². The lowest BCUT2D eigenvalue weighted by Gasteiger charge is -2.26. The summed E-state index contributed by atoms with van der Waals surface area (Å²) in [6.07, 6.45) is 7.07. The van der Waals surface area contributed by atoms with E-state index in [4.69, 9.17) is 11.6 Å². The van der Waals surface area contributed by atoms with Crippen molar-refractivity contribution < 1.29 is 0 Å². The standard InChI is InChI=1S/C15H19BrClN/c16-13-3-4-14(12(9-13)10-17)18-8-7-15(11-18)5-1-2-6-15/h3-4,9H,1-2,5-8,10-11H2. The Bertz CT molecular complexity index is 440. The molecule has 1 saturated heterocycles. The second-order valence-electron chi connectivity index (χ2n) is 5.79. The number of hydrogen-bond donors (Lipinski definition) is 0. The Labute approximate surface area is 123 Å². The summed E-state index contributed by atoms with van der Waals surface area (Å²) in [6.45, 7) is 2.43. The van der Waals surface area contributed by atoms with Crippen LogP contribution in [0.15, 0.2) is 22.7 Å². The number of rotatable bonds is 2. The zero-order chi connectivity index (χ0) is 12.6. The number of benzene rings is 1. The van der Waals surface area contributed by atoms with Gasteiger partial charge in [-0.25, -0.2) is 0 Å². The molecule has 2 aliphatic rings. The van der Waals surface area contributed by atoms with Crippen LogP contribution < -0.4 is 4.90 Å². The summed E-state index contributed by atoms with van der Waals surface area (Å²) in [6, 6.07) is 6.50. The van der Waals surface area contributed by atoms with E-state index in [9.17, 15) is 0 Å². The van der Waals surface area contributed by atoms with E-state index < -0.39 is 0 Å². The Kier molecular flexibility index (Phi) is 3.59. The van der Waals surface area contributed by atoms with Crippen LogP contribution in [0.1, 0.15) is 37.7 Å². The third-order valence-corrected chi connectivity index (χ3v) is 5.41. The Morgan fingerprint density at radius 3 is 2.72 bits per heavy atom. The smallest absolute Gasteiger partial charge is 0.0494 e. The zero-order valence-corrected chi connectivity index (χ0v) is 12.9. The van der Waals surface area contributed by atoms with Crippen LogP contribution in [0.5, 0.6) is 0 Å². The summed E-state index contributed by atoms with van der Waals surface area (Å²) in [5.74, 6) is 0.596. The molecule has 1 aromatic carbocycles. The number of hydrogen-bond acceptors (Lipinski definition) is 1. The molecule has 0 unspecified atom stereocenters. The molecule has 0 atom stereocenters. The second kappa shape index (κ2) is 5.05. The largest absolute Gasteiger partial charge is 0.371 e. The molecule has 3 heteroatoms. The molecule has 1 heterocycles. The molecule has 1 nitrogen and oxygen atoms in total. The summed E-state index contributed by atoms with van der Waals surface area (Å²) in [7, 11) is 0. The van der Waals surface area contributed by atoms with Crippen LogP contribution in [0, 0.1) is 5.41 Å². The van der Waals surface area contributed by atoms with Gasteiger partial charge in [-0.3, -0.25) is 0 Å². The number of anilines is 1. The highest BCUT2D eigenvalue weighted by atomic mass is 79.9. The first kappa shape index (κ1) is 12.8. The molecular weight excluding hydrogens is 310 g/mol. The van der Waals surface area contributed by atoms with Gasteiger partial charge in [-0.1, -0.05) is 28.8 Å². The molecule has 1 spiro atoms. The van der Waals surface area contributed by atoms with E-state index >= 15 is 0 Å². The van der Waals surface area contributed by atoms with Crippen LogP contribution in [0.2, 0.25) is 0 Å². The predicted octanol–water partition coefficient (Wildman–Crippen LogP) is 4.96. The third-order valence-electron chi connectivity index (χ3n) is 4.63. The minimum Gasteiger partial charge on any atom is -0.371 e. The molecule has 1 aliphatic carbocycles. The van der Waals surface area contributed by atoms with Crippen LogP contribution >= 0.6 is 27.5 Å². The normalized spacial score (nSPS) is 22.0. The van der Waals surface area contributed by atoms with Gasteiger partial charge < -0.3 is 4.90 Å². The molecule has 1 aliphatic heterocycles. The highest BCUT2D eigenvalue weighted by molar-refractivity contribution is 9.10. The Balaban J connectivity index is 1.83. The van der Waals surface area contributed by atoms with Gasteiger partial charge in [-0.15, -0.1) is 11.6 Å². The minimum atomic E-state index is 0.596. The van der Waals surface area contributed by atoms with Gasteiger partial charge in [0.1, 0.15) is 0 Å². The molecule has 1 aromatic rings. The van der Waals surface area contributed by atoms with Crippen molar-refractivity contribution in [2.45, 2.75) is 38.0 Å². The molecule has 98 valence electrons. The van der Waals surface area contributed by atoms with Crippen molar-refractivity contribution in [2.75, 3.05) is 18.0 Å². The Hall–Kier alpha value is -0.210. The van der Waals surface area contributed by atoms with E-state index in [1.165, 1.54) is 56.4 Å². The molecule has 0 amide bonds. The predicted molar refractivity (Wildman–Crippen MR) is 81.4 cm³/mol. The van der Waals surface area contributed by atoms with Crippen molar-refractivity contribution in [3.63, 3.8) is 0 Å². The van der Waals surface area contributed by atoms with E-state index in [0.29, 0.717) is 11.3 Å². The lowest BCUT2D eigenvalue weighted by molar-refractivity contribution is 0.341. The first-order chi connectivity index (χ1) is 8.72. The maximum absolute atomic E-state index is 6.09. The molecule has 1 saturated carbocycles. The molecule has 0 aromatic heterocycles. The van der Waals surface area contributed by atoms with E-state index in [1.807, 2.05) is 0 Å². The molecule has 0 radical (unpaired) electrons. The minimum absolute atomic E-state index is 0.596.